The molecule has 2 heterocycles. The third-order valence-electron chi connectivity index (χ3n) is 2.81. The number of nitrogens with zero attached hydrogens (tertiary/aromatic N) is 3. The van der Waals surface area contributed by atoms with Crippen molar-refractivity contribution in [1.29, 1.82) is 0 Å². The molecular formula is C15H20N4. The molecule has 0 aliphatic heterocycles. The highest BCUT2D eigenvalue weighted by atomic mass is 15.1. The van der Waals surface area contributed by atoms with Crippen LogP contribution in [0.5, 0.6) is 0 Å². The fourth-order valence-electron chi connectivity index (χ4n) is 2.00. The molecule has 0 saturated carbocycles. The minimum absolute atomic E-state index is 0.803. The van der Waals surface area contributed by atoms with Gasteiger partial charge in [0.1, 0.15) is 0 Å². The maximum Gasteiger partial charge on any atom is 0.0547 e. The zero-order valence-corrected chi connectivity index (χ0v) is 11.5. The number of hydrogen-bond acceptors (Lipinski definition) is 4. The van der Waals surface area contributed by atoms with Crippen LogP contribution in [0.15, 0.2) is 42.6 Å². The summed E-state index contributed by atoms with van der Waals surface area (Å²) in [5.74, 6) is 0. The van der Waals surface area contributed by atoms with Gasteiger partial charge in [-0.15, -0.1) is 0 Å². The van der Waals surface area contributed by atoms with Crippen LogP contribution in [-0.2, 0) is 19.6 Å². The van der Waals surface area contributed by atoms with E-state index in [4.69, 9.17) is 0 Å². The first-order valence-corrected chi connectivity index (χ1v) is 6.46. The molecule has 19 heavy (non-hydrogen) atoms. The Morgan fingerprint density at radius 1 is 1.00 bits per heavy atom. The number of hydrogen-bond donors (Lipinski definition) is 1. The van der Waals surface area contributed by atoms with E-state index in [2.05, 4.69) is 39.4 Å². The van der Waals surface area contributed by atoms with E-state index in [0.717, 1.165) is 36.7 Å². The molecule has 2 rings (SSSR count). The molecule has 0 amide bonds. The minimum Gasteiger partial charge on any atom is -0.314 e. The Kier molecular flexibility index (Phi) is 5.01. The van der Waals surface area contributed by atoms with Crippen LogP contribution >= 0.6 is 0 Å². The first kappa shape index (κ1) is 13.6. The van der Waals surface area contributed by atoms with Gasteiger partial charge in [0.15, 0.2) is 0 Å². The molecule has 0 saturated heterocycles. The average Bonchev–Trinajstić information content (AvgIpc) is 2.40. The molecule has 0 aliphatic carbocycles. The van der Waals surface area contributed by atoms with Crippen molar-refractivity contribution >= 4 is 0 Å². The quantitative estimate of drug-likeness (QED) is 0.856. The van der Waals surface area contributed by atoms with E-state index in [1.807, 2.05) is 37.5 Å². The summed E-state index contributed by atoms with van der Waals surface area (Å²) < 4.78 is 0. The highest BCUT2D eigenvalue weighted by Crippen LogP contribution is 2.05. The third kappa shape index (κ3) is 4.43. The van der Waals surface area contributed by atoms with Crippen LogP contribution in [0.4, 0.5) is 0 Å². The summed E-state index contributed by atoms with van der Waals surface area (Å²) in [5, 5.41) is 3.12. The van der Waals surface area contributed by atoms with Crippen LogP contribution < -0.4 is 5.32 Å². The highest BCUT2D eigenvalue weighted by Gasteiger charge is 2.04. The molecule has 0 aliphatic rings. The van der Waals surface area contributed by atoms with Crippen molar-refractivity contribution in [3.05, 3.63) is 59.7 Å². The molecule has 0 fully saturated rings. The van der Waals surface area contributed by atoms with Gasteiger partial charge < -0.3 is 5.32 Å². The van der Waals surface area contributed by atoms with Crippen molar-refractivity contribution in [2.45, 2.75) is 19.6 Å². The van der Waals surface area contributed by atoms with Gasteiger partial charge >= 0.3 is 0 Å². The van der Waals surface area contributed by atoms with Crippen molar-refractivity contribution in [2.24, 2.45) is 0 Å². The summed E-state index contributed by atoms with van der Waals surface area (Å²) >= 11 is 0. The zero-order chi connectivity index (χ0) is 13.5. The molecule has 2 aromatic heterocycles. The number of aromatic nitrogens is 2. The normalized spacial score (nSPS) is 10.9. The Hall–Kier alpha value is -1.78. The maximum absolute atomic E-state index is 4.62. The second kappa shape index (κ2) is 6.97. The van der Waals surface area contributed by atoms with Gasteiger partial charge in [-0.1, -0.05) is 12.1 Å². The van der Waals surface area contributed by atoms with E-state index in [9.17, 15) is 0 Å². The van der Waals surface area contributed by atoms with E-state index >= 15 is 0 Å². The van der Waals surface area contributed by atoms with Gasteiger partial charge in [0.2, 0.25) is 0 Å². The topological polar surface area (TPSA) is 41.0 Å². The fourth-order valence-corrected chi connectivity index (χ4v) is 2.00. The first-order valence-electron chi connectivity index (χ1n) is 6.46. The average molecular weight is 256 g/mol. The van der Waals surface area contributed by atoms with Crippen molar-refractivity contribution in [2.75, 3.05) is 14.1 Å². The predicted octanol–water partition coefficient (Wildman–Crippen LogP) is 1.83. The molecule has 1 N–H and O–H groups in total. The van der Waals surface area contributed by atoms with Gasteiger partial charge in [-0.3, -0.25) is 14.9 Å². The third-order valence-corrected chi connectivity index (χ3v) is 2.81. The molecule has 0 atom stereocenters. The number of rotatable bonds is 6. The molecule has 2 aromatic rings. The van der Waals surface area contributed by atoms with Crippen LogP contribution in [0.2, 0.25) is 0 Å². The lowest BCUT2D eigenvalue weighted by atomic mass is 10.2. The summed E-state index contributed by atoms with van der Waals surface area (Å²) in [7, 11) is 4.02. The minimum atomic E-state index is 0.803. The van der Waals surface area contributed by atoms with Gasteiger partial charge in [0.05, 0.1) is 17.1 Å². The van der Waals surface area contributed by atoms with E-state index in [1.165, 1.54) is 0 Å². The largest absolute Gasteiger partial charge is 0.314 e. The highest BCUT2D eigenvalue weighted by molar-refractivity contribution is 5.11. The van der Waals surface area contributed by atoms with Crippen LogP contribution in [0.25, 0.3) is 0 Å². The monoisotopic (exact) mass is 256 g/mol. The van der Waals surface area contributed by atoms with Crippen LogP contribution in [-0.4, -0.2) is 29.0 Å². The molecule has 4 nitrogen and oxygen atoms in total. The standard InChI is InChI=1S/C15H20N4/c1-16-10-13-7-5-8-15(18-13)12-19(2)11-14-6-3-4-9-17-14/h3-9,16H,10-12H2,1-2H3. The molecule has 0 aromatic carbocycles. The Balaban J connectivity index is 1.95. The second-order valence-corrected chi connectivity index (χ2v) is 4.64. The second-order valence-electron chi connectivity index (χ2n) is 4.64. The van der Waals surface area contributed by atoms with Gasteiger partial charge in [-0.05, 0) is 38.4 Å². The van der Waals surface area contributed by atoms with Crippen molar-refractivity contribution in [1.82, 2.24) is 20.2 Å². The van der Waals surface area contributed by atoms with Crippen molar-refractivity contribution in [3.8, 4) is 0 Å². The van der Waals surface area contributed by atoms with Gasteiger partial charge in [-0.2, -0.15) is 0 Å². The van der Waals surface area contributed by atoms with Crippen molar-refractivity contribution < 1.29 is 0 Å². The summed E-state index contributed by atoms with van der Waals surface area (Å²) in [5.41, 5.74) is 3.24. The lowest BCUT2D eigenvalue weighted by Crippen LogP contribution is -2.19. The van der Waals surface area contributed by atoms with Crippen LogP contribution in [0, 0.1) is 0 Å². The summed E-state index contributed by atoms with van der Waals surface area (Å²) in [4.78, 5) is 11.2. The Morgan fingerprint density at radius 2 is 1.74 bits per heavy atom. The summed E-state index contributed by atoms with van der Waals surface area (Å²) in [6.07, 6.45) is 1.83. The predicted molar refractivity (Wildman–Crippen MR) is 76.4 cm³/mol. The van der Waals surface area contributed by atoms with E-state index in [0.29, 0.717) is 0 Å². The Morgan fingerprint density at radius 3 is 2.47 bits per heavy atom. The van der Waals surface area contributed by atoms with Crippen LogP contribution in [0.3, 0.4) is 0 Å². The fraction of sp³-hybridized carbons (Fsp3) is 0.333. The van der Waals surface area contributed by atoms with E-state index in [-0.39, 0.29) is 0 Å². The molecule has 0 spiro atoms. The summed E-state index contributed by atoms with van der Waals surface area (Å²) in [6.45, 7) is 2.46. The van der Waals surface area contributed by atoms with E-state index in [1.54, 1.807) is 0 Å². The Bertz CT molecular complexity index is 499. The smallest absolute Gasteiger partial charge is 0.0547 e. The zero-order valence-electron chi connectivity index (χ0n) is 11.5. The van der Waals surface area contributed by atoms with Gasteiger partial charge in [-0.25, -0.2) is 0 Å². The maximum atomic E-state index is 4.62. The summed E-state index contributed by atoms with van der Waals surface area (Å²) in [6, 6.07) is 12.2. The van der Waals surface area contributed by atoms with Gasteiger partial charge in [0, 0.05) is 25.8 Å². The Labute approximate surface area is 114 Å². The number of nitrogens with one attached hydrogen (secondary N) is 1. The van der Waals surface area contributed by atoms with E-state index < -0.39 is 0 Å². The SMILES string of the molecule is CNCc1cccc(CN(C)Cc2ccccn2)n1. The van der Waals surface area contributed by atoms with Gasteiger partial charge in [0.25, 0.3) is 0 Å². The lowest BCUT2D eigenvalue weighted by molar-refractivity contribution is 0.311. The number of pyridine rings is 2. The molecule has 100 valence electrons. The first-order chi connectivity index (χ1) is 9.28. The molecule has 0 unspecified atom stereocenters. The molecule has 0 radical (unpaired) electrons. The van der Waals surface area contributed by atoms with Crippen LogP contribution in [0.1, 0.15) is 17.1 Å². The molecule has 4 heteroatoms. The molecule has 0 bridgehead atoms. The molecular weight excluding hydrogens is 236 g/mol. The van der Waals surface area contributed by atoms with Crippen molar-refractivity contribution in [3.63, 3.8) is 0 Å². The lowest BCUT2D eigenvalue weighted by Gasteiger charge is -2.16.